The Kier molecular flexibility index (Phi) is 6.26. The zero-order valence-electron chi connectivity index (χ0n) is 17.0. The Balaban J connectivity index is 1.86. The molecular formula is C18H26N8O2S. The van der Waals surface area contributed by atoms with Crippen LogP contribution in [0.5, 0.6) is 0 Å². The van der Waals surface area contributed by atoms with Crippen molar-refractivity contribution in [3.05, 3.63) is 17.5 Å². The lowest BCUT2D eigenvalue weighted by molar-refractivity contribution is -0.130. The molecule has 0 saturated carbocycles. The standard InChI is InChI=1S/C18H26N8O2S/c1-10-8-13(29-24-10)20-17-15(16(19)28)22-23-18(21-17)26-7-5-6-12(11(26)2)9-14(27)25(3)4/h8,11-12H,5-7,9H2,1-4H3,(H2,19,28)(H,20,21,23)/t11-,12+/m1/s1. The fourth-order valence-corrected chi connectivity index (χ4v) is 4.08. The Bertz CT molecular complexity index is 900. The minimum atomic E-state index is -0.707. The molecule has 29 heavy (non-hydrogen) atoms. The van der Waals surface area contributed by atoms with Gasteiger partial charge in [-0.25, -0.2) is 0 Å². The Morgan fingerprint density at radius 3 is 2.76 bits per heavy atom. The van der Waals surface area contributed by atoms with Crippen LogP contribution in [-0.2, 0) is 4.79 Å². The van der Waals surface area contributed by atoms with Crippen LogP contribution in [0.25, 0.3) is 0 Å². The predicted molar refractivity (Wildman–Crippen MR) is 111 cm³/mol. The van der Waals surface area contributed by atoms with Crippen LogP contribution in [0.15, 0.2) is 6.07 Å². The van der Waals surface area contributed by atoms with E-state index in [0.29, 0.717) is 12.4 Å². The molecule has 1 aliphatic rings. The molecule has 2 amide bonds. The maximum atomic E-state index is 12.2. The van der Waals surface area contributed by atoms with E-state index in [-0.39, 0.29) is 29.4 Å². The van der Waals surface area contributed by atoms with Crippen molar-refractivity contribution in [2.24, 2.45) is 11.7 Å². The first-order chi connectivity index (χ1) is 13.8. The Hall–Kier alpha value is -2.82. The normalized spacial score (nSPS) is 19.1. The van der Waals surface area contributed by atoms with Crippen LogP contribution in [0.3, 0.4) is 0 Å². The SMILES string of the molecule is Cc1cc(Nc2nc(N3CCC[C@@H](CC(=O)N(C)C)[C@H]3C)nnc2C(N)=O)sn1. The quantitative estimate of drug-likeness (QED) is 0.723. The number of aryl methyl sites for hydroxylation is 1. The van der Waals surface area contributed by atoms with Gasteiger partial charge in [0.15, 0.2) is 11.5 Å². The summed E-state index contributed by atoms with van der Waals surface area (Å²) in [4.78, 5) is 32.2. The predicted octanol–water partition coefficient (Wildman–Crippen LogP) is 1.56. The zero-order valence-corrected chi connectivity index (χ0v) is 17.9. The molecule has 156 valence electrons. The molecule has 11 heteroatoms. The number of carbonyl (C=O) groups excluding carboxylic acids is 2. The summed E-state index contributed by atoms with van der Waals surface area (Å²) in [6, 6.07) is 1.91. The van der Waals surface area contributed by atoms with Crippen LogP contribution >= 0.6 is 11.5 Å². The van der Waals surface area contributed by atoms with E-state index in [2.05, 4.69) is 31.8 Å². The van der Waals surface area contributed by atoms with E-state index >= 15 is 0 Å². The number of nitrogens with one attached hydrogen (secondary N) is 1. The highest BCUT2D eigenvalue weighted by Crippen LogP contribution is 2.30. The van der Waals surface area contributed by atoms with Gasteiger partial charge in [-0.3, -0.25) is 9.59 Å². The molecule has 0 aromatic carbocycles. The summed E-state index contributed by atoms with van der Waals surface area (Å²) in [5, 5.41) is 12.0. The summed E-state index contributed by atoms with van der Waals surface area (Å²) in [6.45, 7) is 4.70. The Morgan fingerprint density at radius 1 is 1.38 bits per heavy atom. The lowest BCUT2D eigenvalue weighted by Crippen LogP contribution is -2.46. The van der Waals surface area contributed by atoms with Crippen LogP contribution in [0.2, 0.25) is 0 Å². The third-order valence-corrected chi connectivity index (χ3v) is 5.91. The fourth-order valence-electron chi connectivity index (χ4n) is 3.42. The summed E-state index contributed by atoms with van der Waals surface area (Å²) in [6.07, 6.45) is 2.37. The number of nitrogens with zero attached hydrogens (tertiary/aromatic N) is 6. The van der Waals surface area contributed by atoms with Crippen LogP contribution in [0.1, 0.15) is 42.4 Å². The monoisotopic (exact) mass is 418 g/mol. The summed E-state index contributed by atoms with van der Waals surface area (Å²) in [5.74, 6) is 0.257. The van der Waals surface area contributed by atoms with Gasteiger partial charge in [-0.15, -0.1) is 10.2 Å². The van der Waals surface area contributed by atoms with E-state index in [1.54, 1.807) is 19.0 Å². The van der Waals surface area contributed by atoms with Crippen LogP contribution < -0.4 is 16.0 Å². The molecule has 10 nitrogen and oxygen atoms in total. The van der Waals surface area contributed by atoms with E-state index in [9.17, 15) is 9.59 Å². The summed E-state index contributed by atoms with van der Waals surface area (Å²) in [7, 11) is 3.53. The highest BCUT2D eigenvalue weighted by Gasteiger charge is 2.32. The lowest BCUT2D eigenvalue weighted by Gasteiger charge is -2.39. The van der Waals surface area contributed by atoms with E-state index in [4.69, 9.17) is 5.73 Å². The molecule has 0 radical (unpaired) electrons. The second kappa shape index (κ2) is 8.68. The molecule has 2 aromatic heterocycles. The maximum absolute atomic E-state index is 12.2. The van der Waals surface area contributed by atoms with Crippen molar-refractivity contribution < 1.29 is 9.59 Å². The Labute approximate surface area is 173 Å². The van der Waals surface area contributed by atoms with E-state index in [1.165, 1.54) is 11.5 Å². The van der Waals surface area contributed by atoms with Gasteiger partial charge in [-0.1, -0.05) is 0 Å². The van der Waals surface area contributed by atoms with Crippen molar-refractivity contribution in [2.75, 3.05) is 30.9 Å². The summed E-state index contributed by atoms with van der Waals surface area (Å²) >= 11 is 1.26. The topological polar surface area (TPSA) is 130 Å². The van der Waals surface area contributed by atoms with Crippen LogP contribution in [0, 0.1) is 12.8 Å². The van der Waals surface area contributed by atoms with Crippen LogP contribution in [0.4, 0.5) is 16.8 Å². The average Bonchev–Trinajstić information content (AvgIpc) is 3.07. The van der Waals surface area contributed by atoms with Gasteiger partial charge in [-0.2, -0.15) is 9.36 Å². The van der Waals surface area contributed by atoms with Gasteiger partial charge in [0.2, 0.25) is 11.9 Å². The molecule has 0 unspecified atom stereocenters. The number of amides is 2. The first-order valence-corrected chi connectivity index (χ1v) is 10.2. The molecule has 2 atom stereocenters. The number of piperidine rings is 1. The maximum Gasteiger partial charge on any atom is 0.273 e. The van der Waals surface area contributed by atoms with Gasteiger partial charge in [-0.05, 0) is 50.2 Å². The Morgan fingerprint density at radius 2 is 2.14 bits per heavy atom. The van der Waals surface area contributed by atoms with Gasteiger partial charge < -0.3 is 20.9 Å². The number of anilines is 3. The molecule has 3 rings (SSSR count). The molecule has 2 aromatic rings. The molecular weight excluding hydrogens is 392 g/mol. The fraction of sp³-hybridized carbons (Fsp3) is 0.556. The van der Waals surface area contributed by atoms with Crippen molar-refractivity contribution in [1.29, 1.82) is 0 Å². The van der Waals surface area contributed by atoms with Gasteiger partial charge in [0.25, 0.3) is 5.91 Å². The molecule has 1 saturated heterocycles. The smallest absolute Gasteiger partial charge is 0.273 e. The number of carbonyl (C=O) groups is 2. The van der Waals surface area contributed by atoms with Crippen molar-refractivity contribution in [1.82, 2.24) is 24.5 Å². The van der Waals surface area contributed by atoms with Gasteiger partial charge >= 0.3 is 0 Å². The first-order valence-electron chi connectivity index (χ1n) is 9.48. The molecule has 0 spiro atoms. The third kappa shape index (κ3) is 4.78. The van der Waals surface area contributed by atoms with E-state index < -0.39 is 5.91 Å². The lowest BCUT2D eigenvalue weighted by atomic mass is 9.87. The van der Waals surface area contributed by atoms with Crippen molar-refractivity contribution in [3.8, 4) is 0 Å². The van der Waals surface area contributed by atoms with Crippen LogP contribution in [-0.4, -0.2) is 63.0 Å². The molecule has 3 N–H and O–H groups in total. The van der Waals surface area contributed by atoms with Gasteiger partial charge in [0, 0.05) is 33.1 Å². The largest absolute Gasteiger partial charge is 0.364 e. The number of primary amides is 1. The summed E-state index contributed by atoms with van der Waals surface area (Å²) in [5.41, 5.74) is 6.28. The minimum Gasteiger partial charge on any atom is -0.364 e. The van der Waals surface area contributed by atoms with Crippen molar-refractivity contribution in [2.45, 2.75) is 39.2 Å². The average molecular weight is 419 g/mol. The molecule has 1 fully saturated rings. The molecule has 3 heterocycles. The van der Waals surface area contributed by atoms with Gasteiger partial charge in [0.05, 0.1) is 5.69 Å². The third-order valence-electron chi connectivity index (χ3n) is 5.12. The molecule has 0 aliphatic carbocycles. The molecule has 0 bridgehead atoms. The highest BCUT2D eigenvalue weighted by atomic mass is 32.1. The zero-order chi connectivity index (χ0) is 21.1. The van der Waals surface area contributed by atoms with Crippen molar-refractivity contribution >= 4 is 40.1 Å². The number of hydrogen-bond donors (Lipinski definition) is 2. The van der Waals surface area contributed by atoms with E-state index in [1.807, 2.05) is 17.9 Å². The number of aromatic nitrogens is 4. The molecule has 1 aliphatic heterocycles. The van der Waals surface area contributed by atoms with E-state index in [0.717, 1.165) is 30.1 Å². The second-order valence-corrected chi connectivity index (χ2v) is 8.26. The van der Waals surface area contributed by atoms with Crippen molar-refractivity contribution in [3.63, 3.8) is 0 Å². The first kappa shape index (κ1) is 20.9. The highest BCUT2D eigenvalue weighted by molar-refractivity contribution is 7.10. The minimum absolute atomic E-state index is 0.0243. The second-order valence-electron chi connectivity index (χ2n) is 7.46. The number of hydrogen-bond acceptors (Lipinski definition) is 9. The number of rotatable bonds is 6. The van der Waals surface area contributed by atoms with Gasteiger partial charge in [0.1, 0.15) is 5.00 Å². The summed E-state index contributed by atoms with van der Waals surface area (Å²) < 4.78 is 4.22. The number of nitrogens with two attached hydrogens (primary N) is 1.